The highest BCUT2D eigenvalue weighted by atomic mass is 14.1. The van der Waals surface area contributed by atoms with E-state index >= 15 is 0 Å². The molecule has 0 saturated carbocycles. The molecule has 31 heavy (non-hydrogen) atoms. The lowest BCUT2D eigenvalue weighted by molar-refractivity contribution is 0.607. The lowest BCUT2D eigenvalue weighted by atomic mass is 9.96. The molecule has 0 heteroatoms. The van der Waals surface area contributed by atoms with Crippen molar-refractivity contribution >= 4 is 21.5 Å². The van der Waals surface area contributed by atoms with Crippen molar-refractivity contribution in [1.82, 2.24) is 0 Å². The van der Waals surface area contributed by atoms with E-state index in [1.165, 1.54) is 95.2 Å². The molecule has 0 atom stereocenters. The van der Waals surface area contributed by atoms with Crippen LogP contribution in [0.5, 0.6) is 0 Å². The van der Waals surface area contributed by atoms with Crippen molar-refractivity contribution < 1.29 is 0 Å². The van der Waals surface area contributed by atoms with E-state index < -0.39 is 0 Å². The number of aryl methyl sites for hydroxylation is 2. The first kappa shape index (κ1) is 21.6. The Bertz CT molecular complexity index is 1120. The number of fused-ring (bicyclic) bond motifs is 2. The maximum Gasteiger partial charge on any atom is -0.0171 e. The minimum Gasteiger partial charge on any atom is -0.0654 e. The Morgan fingerprint density at radius 1 is 0.419 bits per heavy atom. The van der Waals surface area contributed by atoms with Crippen LogP contribution in [0.1, 0.15) is 69.9 Å². The van der Waals surface area contributed by atoms with Crippen LogP contribution in [-0.2, 0) is 12.8 Å². The quantitative estimate of drug-likeness (QED) is 0.181. The van der Waals surface area contributed by atoms with Gasteiger partial charge in [0.1, 0.15) is 0 Å². The third kappa shape index (κ3) is 5.56. The summed E-state index contributed by atoms with van der Waals surface area (Å²) < 4.78 is 0. The molecule has 0 spiro atoms. The van der Waals surface area contributed by atoms with Gasteiger partial charge in [-0.05, 0) is 81.3 Å². The first-order valence-electron chi connectivity index (χ1n) is 12.3. The molecular weight excluding hydrogens is 372 g/mol. The first-order valence-corrected chi connectivity index (χ1v) is 12.3. The maximum atomic E-state index is 2.36. The molecule has 0 amide bonds. The minimum absolute atomic E-state index is 1.15. The fourth-order valence-corrected chi connectivity index (χ4v) is 4.64. The summed E-state index contributed by atoms with van der Waals surface area (Å²) in [6.45, 7) is 4.52. The van der Waals surface area contributed by atoms with Crippen LogP contribution in [0.25, 0.3) is 32.7 Å². The zero-order valence-electron chi connectivity index (χ0n) is 19.3. The van der Waals surface area contributed by atoms with E-state index in [9.17, 15) is 0 Å². The topological polar surface area (TPSA) is 0 Å². The van der Waals surface area contributed by atoms with Crippen LogP contribution in [0.4, 0.5) is 0 Å². The van der Waals surface area contributed by atoms with E-state index in [-0.39, 0.29) is 0 Å². The molecule has 0 unspecified atom stereocenters. The molecule has 0 aliphatic heterocycles. The van der Waals surface area contributed by atoms with E-state index in [0.29, 0.717) is 0 Å². The number of rotatable bonds is 10. The maximum absolute atomic E-state index is 2.36. The van der Waals surface area contributed by atoms with Crippen LogP contribution in [0, 0.1) is 0 Å². The number of unbranched alkanes of at least 4 members (excludes halogenated alkanes) is 5. The second-order valence-corrected chi connectivity index (χ2v) is 9.06. The van der Waals surface area contributed by atoms with E-state index in [2.05, 4.69) is 86.6 Å². The highest BCUT2D eigenvalue weighted by Crippen LogP contribution is 2.29. The van der Waals surface area contributed by atoms with Gasteiger partial charge in [0.2, 0.25) is 0 Å². The van der Waals surface area contributed by atoms with Crippen molar-refractivity contribution in [3.05, 3.63) is 83.9 Å². The van der Waals surface area contributed by atoms with Gasteiger partial charge in [-0.1, -0.05) is 107 Å². The zero-order valence-corrected chi connectivity index (χ0v) is 19.3. The minimum atomic E-state index is 1.15. The Hall–Kier alpha value is -2.60. The second-order valence-electron chi connectivity index (χ2n) is 9.06. The largest absolute Gasteiger partial charge is 0.0654 e. The molecule has 4 aromatic carbocycles. The standard InChI is InChI=1S/C31H36/c1-3-5-6-7-8-9-11-24-12-15-26(16-13-24)27-18-19-29-22-30-20-25(10-4-2)14-17-28(30)23-31(29)21-27/h12-23H,3-11H2,1-2H3. The molecule has 4 rings (SSSR count). The van der Waals surface area contributed by atoms with E-state index in [0.717, 1.165) is 6.42 Å². The summed E-state index contributed by atoms with van der Waals surface area (Å²) in [5.74, 6) is 0. The van der Waals surface area contributed by atoms with Gasteiger partial charge < -0.3 is 0 Å². The van der Waals surface area contributed by atoms with Crippen molar-refractivity contribution in [2.45, 2.75) is 71.6 Å². The monoisotopic (exact) mass is 408 g/mol. The van der Waals surface area contributed by atoms with Crippen molar-refractivity contribution in [1.29, 1.82) is 0 Å². The molecule has 0 aromatic heterocycles. The Labute approximate surface area is 188 Å². The van der Waals surface area contributed by atoms with Crippen LogP contribution in [-0.4, -0.2) is 0 Å². The van der Waals surface area contributed by atoms with Gasteiger partial charge in [-0.2, -0.15) is 0 Å². The molecule has 160 valence electrons. The summed E-state index contributed by atoms with van der Waals surface area (Å²) in [7, 11) is 0. The predicted octanol–water partition coefficient (Wildman–Crippen LogP) is 9.52. The number of hydrogen-bond acceptors (Lipinski definition) is 0. The number of benzene rings is 4. The highest BCUT2D eigenvalue weighted by Gasteiger charge is 2.04. The average Bonchev–Trinajstić information content (AvgIpc) is 2.80. The van der Waals surface area contributed by atoms with Crippen LogP contribution >= 0.6 is 0 Å². The lowest BCUT2D eigenvalue weighted by Crippen LogP contribution is -1.87. The Kier molecular flexibility index (Phi) is 7.41. The normalized spacial score (nSPS) is 11.4. The zero-order chi connectivity index (χ0) is 21.5. The van der Waals surface area contributed by atoms with E-state index in [1.54, 1.807) is 0 Å². The van der Waals surface area contributed by atoms with Crippen LogP contribution in [0.2, 0.25) is 0 Å². The van der Waals surface area contributed by atoms with Gasteiger partial charge in [-0.3, -0.25) is 0 Å². The summed E-state index contributed by atoms with van der Waals surface area (Å²) in [5, 5.41) is 5.33. The second kappa shape index (κ2) is 10.6. The van der Waals surface area contributed by atoms with E-state index in [4.69, 9.17) is 0 Å². The molecule has 0 aliphatic rings. The van der Waals surface area contributed by atoms with Gasteiger partial charge in [0.25, 0.3) is 0 Å². The van der Waals surface area contributed by atoms with Gasteiger partial charge in [-0.25, -0.2) is 0 Å². The van der Waals surface area contributed by atoms with E-state index in [1.807, 2.05) is 0 Å². The summed E-state index contributed by atoms with van der Waals surface area (Å²) in [5.41, 5.74) is 5.52. The highest BCUT2D eigenvalue weighted by molar-refractivity contribution is 5.99. The Balaban J connectivity index is 1.47. The van der Waals surface area contributed by atoms with Crippen LogP contribution in [0.3, 0.4) is 0 Å². The first-order chi connectivity index (χ1) is 15.3. The van der Waals surface area contributed by atoms with Crippen molar-refractivity contribution in [2.24, 2.45) is 0 Å². The summed E-state index contributed by atoms with van der Waals surface area (Å²) >= 11 is 0. The van der Waals surface area contributed by atoms with Crippen molar-refractivity contribution in [2.75, 3.05) is 0 Å². The molecule has 0 heterocycles. The third-order valence-corrected chi connectivity index (χ3v) is 6.50. The average molecular weight is 409 g/mol. The van der Waals surface area contributed by atoms with Gasteiger partial charge in [0.05, 0.1) is 0 Å². The third-order valence-electron chi connectivity index (χ3n) is 6.50. The predicted molar refractivity (Wildman–Crippen MR) is 138 cm³/mol. The Morgan fingerprint density at radius 2 is 1.03 bits per heavy atom. The molecule has 0 radical (unpaired) electrons. The molecular formula is C31H36. The lowest BCUT2D eigenvalue weighted by Gasteiger charge is -2.09. The fourth-order valence-electron chi connectivity index (χ4n) is 4.64. The molecule has 0 saturated heterocycles. The van der Waals surface area contributed by atoms with Gasteiger partial charge >= 0.3 is 0 Å². The summed E-state index contributed by atoms with van der Waals surface area (Å²) in [6, 6.07) is 27.7. The molecule has 0 N–H and O–H groups in total. The molecule has 0 aliphatic carbocycles. The van der Waals surface area contributed by atoms with Gasteiger partial charge in [0, 0.05) is 0 Å². The molecule has 4 aromatic rings. The summed E-state index contributed by atoms with van der Waals surface area (Å²) in [6.07, 6.45) is 11.7. The molecule has 0 bridgehead atoms. The van der Waals surface area contributed by atoms with Crippen molar-refractivity contribution in [3.8, 4) is 11.1 Å². The Morgan fingerprint density at radius 3 is 1.77 bits per heavy atom. The van der Waals surface area contributed by atoms with Crippen molar-refractivity contribution in [3.63, 3.8) is 0 Å². The van der Waals surface area contributed by atoms with Gasteiger partial charge in [-0.15, -0.1) is 0 Å². The SMILES string of the molecule is CCCCCCCCc1ccc(-c2ccc3cc4cc(CCC)ccc4cc3c2)cc1. The number of hydrogen-bond donors (Lipinski definition) is 0. The summed E-state index contributed by atoms with van der Waals surface area (Å²) in [4.78, 5) is 0. The van der Waals surface area contributed by atoms with Crippen LogP contribution < -0.4 is 0 Å². The van der Waals surface area contributed by atoms with Crippen LogP contribution in [0.15, 0.2) is 72.8 Å². The van der Waals surface area contributed by atoms with Gasteiger partial charge in [0.15, 0.2) is 0 Å². The molecule has 0 fully saturated rings. The molecule has 0 nitrogen and oxygen atoms in total. The fraction of sp³-hybridized carbons (Fsp3) is 0.355. The smallest absolute Gasteiger partial charge is 0.0171 e.